The van der Waals surface area contributed by atoms with E-state index in [0.29, 0.717) is 5.75 Å². The van der Waals surface area contributed by atoms with Gasteiger partial charge in [0.05, 0.1) is 7.11 Å². The summed E-state index contributed by atoms with van der Waals surface area (Å²) in [5.41, 5.74) is 0.813. The number of hydrogen-bond acceptors (Lipinski definition) is 4. The number of methoxy groups -OCH3 is 1. The quantitative estimate of drug-likeness (QED) is 0.797. The number of nitrogens with one attached hydrogen (secondary N) is 1. The van der Waals surface area contributed by atoms with Crippen molar-refractivity contribution in [1.82, 2.24) is 0 Å². The van der Waals surface area contributed by atoms with Gasteiger partial charge in [0.15, 0.2) is 0 Å². The van der Waals surface area contributed by atoms with Crippen LogP contribution in [0.2, 0.25) is 0 Å². The van der Waals surface area contributed by atoms with E-state index in [1.807, 2.05) is 18.2 Å². The Labute approximate surface area is 109 Å². The Balaban J connectivity index is 0.00000144. The van der Waals surface area contributed by atoms with Gasteiger partial charge in [-0.2, -0.15) is 10.6 Å². The SMILES string of the molecule is COc1ccccc1C[S-](=N)=O.[Ar]. The van der Waals surface area contributed by atoms with Crippen LogP contribution in [0.5, 0.6) is 5.75 Å². The van der Waals surface area contributed by atoms with E-state index in [1.165, 1.54) is 0 Å². The largest absolute Gasteiger partial charge is 0.497 e. The van der Waals surface area contributed by atoms with E-state index in [-0.39, 0.29) is 43.5 Å². The zero-order valence-electron chi connectivity index (χ0n) is 7.09. The fourth-order valence-corrected chi connectivity index (χ4v) is 1.48. The molecule has 0 heterocycles. The van der Waals surface area contributed by atoms with Gasteiger partial charge in [-0.3, -0.25) is 0 Å². The Morgan fingerprint density at radius 2 is 2.08 bits per heavy atom. The Bertz CT molecular complexity index is 331. The maximum Gasteiger partial charge on any atom is 0.120 e. The zero-order valence-corrected chi connectivity index (χ0v) is 8.62. The van der Waals surface area contributed by atoms with Gasteiger partial charge in [0.1, 0.15) is 5.75 Å². The van der Waals surface area contributed by atoms with Crippen LogP contribution in [0, 0.1) is 42.5 Å². The molecule has 0 saturated heterocycles. The molecule has 0 amide bonds. The molecule has 0 atom stereocenters. The van der Waals surface area contributed by atoms with Crippen LogP contribution >= 0.6 is 0 Å². The Morgan fingerprint density at radius 3 is 2.62 bits per heavy atom. The third-order valence-electron chi connectivity index (χ3n) is 1.48. The van der Waals surface area contributed by atoms with Gasteiger partial charge in [0.25, 0.3) is 0 Å². The van der Waals surface area contributed by atoms with Crippen molar-refractivity contribution in [1.29, 1.82) is 4.78 Å². The maximum absolute atomic E-state index is 10.6. The molecule has 0 unspecified atom stereocenters. The predicted molar refractivity (Wildman–Crippen MR) is 47.5 cm³/mol. The third kappa shape index (κ3) is 4.31. The number of hydrogen-bond donors (Lipinski definition) is 1. The monoisotopic (exact) mass is 224 g/mol. The summed E-state index contributed by atoms with van der Waals surface area (Å²) in [4.78, 5) is 0. The molecule has 1 aromatic rings. The Morgan fingerprint density at radius 1 is 1.46 bits per heavy atom. The topological polar surface area (TPSA) is 50.1 Å². The molecule has 1 N–H and O–H groups in total. The van der Waals surface area contributed by atoms with Gasteiger partial charge in [0.2, 0.25) is 0 Å². The van der Waals surface area contributed by atoms with Crippen LogP contribution in [-0.4, -0.2) is 7.11 Å². The molecule has 13 heavy (non-hydrogen) atoms. The van der Waals surface area contributed by atoms with Gasteiger partial charge in [-0.25, -0.2) is 0 Å². The molecule has 3 nitrogen and oxygen atoms in total. The summed E-state index contributed by atoms with van der Waals surface area (Å²) < 4.78 is 22.5. The van der Waals surface area contributed by atoms with Crippen molar-refractivity contribution < 1.29 is 46.7 Å². The van der Waals surface area contributed by atoms with Crippen LogP contribution in [0.4, 0.5) is 0 Å². The van der Waals surface area contributed by atoms with Crippen LogP contribution < -0.4 is 4.74 Å². The molecular formula is C8H10ArNO2S-. The zero-order chi connectivity index (χ0) is 8.97. The number of benzene rings is 1. The first-order valence-corrected chi connectivity index (χ1v) is 4.77. The van der Waals surface area contributed by atoms with Crippen molar-refractivity contribution >= 4 is 10.6 Å². The third-order valence-corrected chi connectivity index (χ3v) is 2.05. The summed E-state index contributed by atoms with van der Waals surface area (Å²) in [7, 11) is 0.00278. The summed E-state index contributed by atoms with van der Waals surface area (Å²) >= 11 is 0. The first kappa shape index (κ1) is 13.2. The van der Waals surface area contributed by atoms with Gasteiger partial charge < -0.3 is 13.7 Å². The maximum atomic E-state index is 10.6. The van der Waals surface area contributed by atoms with E-state index in [1.54, 1.807) is 13.2 Å². The van der Waals surface area contributed by atoms with E-state index < -0.39 is 10.6 Å². The number of rotatable bonds is 3. The molecule has 0 aromatic heterocycles. The molecule has 0 fully saturated rings. The van der Waals surface area contributed by atoms with Gasteiger partial charge in [-0.15, -0.1) is 0 Å². The average Bonchev–Trinajstić information content (AvgIpc) is 2.04. The summed E-state index contributed by atoms with van der Waals surface area (Å²) in [6, 6.07) is 7.29. The molecule has 1 rings (SSSR count). The normalized spacial score (nSPS) is 9.38. The smallest absolute Gasteiger partial charge is 0.120 e. The van der Waals surface area contributed by atoms with E-state index in [4.69, 9.17) is 9.52 Å². The second kappa shape index (κ2) is 6.65. The van der Waals surface area contributed by atoms with Crippen LogP contribution in [-0.2, 0) is 20.6 Å². The van der Waals surface area contributed by atoms with E-state index in [2.05, 4.69) is 0 Å². The van der Waals surface area contributed by atoms with Crippen LogP contribution in [0.25, 0.3) is 0 Å². The number of ether oxygens (including phenoxy) is 1. The first-order valence-electron chi connectivity index (χ1n) is 3.45. The predicted octanol–water partition coefficient (Wildman–Crippen LogP) is 1.92. The van der Waals surface area contributed by atoms with Crippen molar-refractivity contribution in [3.63, 3.8) is 0 Å². The Hall–Kier alpha value is 0.230. The van der Waals surface area contributed by atoms with Crippen molar-refractivity contribution in [3.8, 4) is 5.75 Å². The molecule has 0 aliphatic carbocycles. The van der Waals surface area contributed by atoms with E-state index in [0.717, 1.165) is 5.56 Å². The minimum atomic E-state index is -1.56. The van der Waals surface area contributed by atoms with Crippen molar-refractivity contribution in [2.24, 2.45) is 0 Å². The average molecular weight is 224 g/mol. The summed E-state index contributed by atoms with van der Waals surface area (Å²) in [6.07, 6.45) is 0. The van der Waals surface area contributed by atoms with Gasteiger partial charge in [0, 0.05) is 37.7 Å². The fraction of sp³-hybridized carbons (Fsp3) is 0.250. The minimum absolute atomic E-state index is 0. The van der Waals surface area contributed by atoms with Gasteiger partial charge >= 0.3 is 0 Å². The molecule has 1 aromatic carbocycles. The molecule has 0 aliphatic rings. The van der Waals surface area contributed by atoms with Crippen molar-refractivity contribution in [3.05, 3.63) is 29.8 Å². The summed E-state index contributed by atoms with van der Waals surface area (Å²) in [6.45, 7) is 0. The van der Waals surface area contributed by atoms with Crippen LogP contribution in [0.1, 0.15) is 5.56 Å². The van der Waals surface area contributed by atoms with Gasteiger partial charge in [-0.05, 0) is 11.6 Å². The molecule has 5 heteroatoms. The fourth-order valence-electron chi connectivity index (χ4n) is 0.963. The standard InChI is InChI=1S/C8H10NO2S.Ar/c1-11-8-5-3-2-4-7(8)6-12(9)10;/h2-5,9H,6H2,1H3;/q-1;. The van der Waals surface area contributed by atoms with E-state index in [9.17, 15) is 4.21 Å². The minimum Gasteiger partial charge on any atom is -0.497 e. The second-order valence-electron chi connectivity index (χ2n) is 2.30. The Kier molecular flexibility index (Phi) is 6.77. The number of para-hydroxylation sites is 1. The van der Waals surface area contributed by atoms with E-state index >= 15 is 0 Å². The molecule has 0 spiro atoms. The van der Waals surface area contributed by atoms with Crippen molar-refractivity contribution in [2.45, 2.75) is 5.75 Å². The molecule has 0 aliphatic heterocycles. The summed E-state index contributed by atoms with van der Waals surface area (Å²) in [5, 5.41) is 0. The molecule has 0 saturated carbocycles. The molecular weight excluding hydrogens is 214 g/mol. The second-order valence-corrected chi connectivity index (χ2v) is 3.28. The summed E-state index contributed by atoms with van der Waals surface area (Å²) in [5.74, 6) is 0.919. The van der Waals surface area contributed by atoms with Crippen LogP contribution in [0.3, 0.4) is 0 Å². The van der Waals surface area contributed by atoms with Gasteiger partial charge in [-0.1, -0.05) is 24.0 Å². The molecule has 0 bridgehead atoms. The first-order chi connectivity index (χ1) is 5.74. The molecule has 74 valence electrons. The van der Waals surface area contributed by atoms with Crippen molar-refractivity contribution in [2.75, 3.05) is 7.11 Å². The van der Waals surface area contributed by atoms with Crippen LogP contribution in [0.15, 0.2) is 24.3 Å². The molecule has 0 radical (unpaired) electrons.